The van der Waals surface area contributed by atoms with E-state index in [0.29, 0.717) is 0 Å². The molecule has 3 nitrogen and oxygen atoms in total. The van der Waals surface area contributed by atoms with E-state index in [9.17, 15) is 4.79 Å². The van der Waals surface area contributed by atoms with Gasteiger partial charge in [-0.15, -0.1) is 0 Å². The zero-order valence-corrected chi connectivity index (χ0v) is 14.5. The van der Waals surface area contributed by atoms with Crippen molar-refractivity contribution in [1.29, 1.82) is 0 Å². The van der Waals surface area contributed by atoms with Gasteiger partial charge in [0.25, 0.3) is 8.32 Å². The van der Waals surface area contributed by atoms with Crippen LogP contribution in [0.5, 0.6) is 0 Å². The highest BCUT2D eigenvalue weighted by molar-refractivity contribution is 7.05. The van der Waals surface area contributed by atoms with Crippen LogP contribution in [0, 0.1) is 0 Å². The maximum absolute atomic E-state index is 11.7. The molecule has 0 aromatic heterocycles. The van der Waals surface area contributed by atoms with Gasteiger partial charge in [-0.3, -0.25) is 4.79 Å². The van der Waals surface area contributed by atoms with Crippen molar-refractivity contribution in [1.82, 2.24) is 0 Å². The average Bonchev–Trinajstić information content (AvgIpc) is 1.95. The summed E-state index contributed by atoms with van der Waals surface area (Å²) in [5, 5.41) is 0.0345. The molecule has 0 fully saturated rings. The van der Waals surface area contributed by atoms with Gasteiger partial charge >= 0.3 is 8.56 Å². The second-order valence-electron chi connectivity index (χ2n) is 5.80. The van der Waals surface area contributed by atoms with Crippen LogP contribution in [0.4, 0.5) is 0 Å². The van der Waals surface area contributed by atoms with E-state index in [4.69, 9.17) is 8.23 Å². The van der Waals surface area contributed by atoms with Crippen molar-refractivity contribution in [3.05, 3.63) is 12.7 Å². The molecule has 94 valence electrons. The Balaban J connectivity index is 4.70. The van der Waals surface area contributed by atoms with E-state index in [1.54, 1.807) is 0 Å². The van der Waals surface area contributed by atoms with Gasteiger partial charge in [0.1, 0.15) is 0 Å². The first kappa shape index (κ1) is 16.0. The van der Waals surface area contributed by atoms with Crippen molar-refractivity contribution in [2.45, 2.75) is 45.8 Å². The van der Waals surface area contributed by atoms with Crippen molar-refractivity contribution < 1.29 is 13.0 Å². The maximum atomic E-state index is 11.7. The molecular formula is C10H24O3Si3. The Kier molecular flexibility index (Phi) is 5.09. The quantitative estimate of drug-likeness (QED) is 0.552. The van der Waals surface area contributed by atoms with Crippen LogP contribution in [0.25, 0.3) is 0 Å². The first-order valence-electron chi connectivity index (χ1n) is 5.47. The van der Waals surface area contributed by atoms with Crippen molar-refractivity contribution >= 4 is 30.6 Å². The molecule has 0 bridgehead atoms. The average molecular weight is 277 g/mol. The highest BCUT2D eigenvalue weighted by Crippen LogP contribution is 2.20. The summed E-state index contributed by atoms with van der Waals surface area (Å²) in [6.07, 6.45) is 1.37. The normalized spacial score (nSPS) is 13.7. The van der Waals surface area contributed by atoms with E-state index >= 15 is 0 Å². The molecule has 0 aliphatic rings. The third kappa shape index (κ3) is 5.90. The van der Waals surface area contributed by atoms with Crippen molar-refractivity contribution in [3.63, 3.8) is 0 Å². The topological polar surface area (TPSA) is 35.5 Å². The monoisotopic (exact) mass is 276 g/mol. The van der Waals surface area contributed by atoms with Gasteiger partial charge in [-0.25, -0.2) is 0 Å². The number of carbonyl (C=O) groups excluding carboxylic acids is 1. The van der Waals surface area contributed by atoms with Crippen molar-refractivity contribution in [3.8, 4) is 0 Å². The summed E-state index contributed by atoms with van der Waals surface area (Å²) in [6.45, 7) is 17.7. The first-order valence-corrected chi connectivity index (χ1v) is 14.6. The zero-order chi connectivity index (χ0) is 13.2. The number of hydrogen-bond acceptors (Lipinski definition) is 3. The summed E-state index contributed by atoms with van der Waals surface area (Å²) in [5.41, 5.74) is 0. The summed E-state index contributed by atoms with van der Waals surface area (Å²) in [5.74, 6) is 0. The molecule has 0 aliphatic heterocycles. The van der Waals surface area contributed by atoms with E-state index in [2.05, 4.69) is 26.2 Å². The zero-order valence-electron chi connectivity index (χ0n) is 11.5. The van der Waals surface area contributed by atoms with E-state index in [0.717, 1.165) is 0 Å². The van der Waals surface area contributed by atoms with Crippen LogP contribution in [-0.4, -0.2) is 30.6 Å². The van der Waals surface area contributed by atoms with Crippen LogP contribution in [0.3, 0.4) is 0 Å². The molecule has 0 atom stereocenters. The molecule has 0 radical (unpaired) electrons. The predicted octanol–water partition coefficient (Wildman–Crippen LogP) is 3.06. The molecule has 0 N–H and O–H groups in total. The van der Waals surface area contributed by atoms with Crippen molar-refractivity contribution in [2.24, 2.45) is 0 Å². The van der Waals surface area contributed by atoms with E-state index in [1.807, 2.05) is 26.2 Å². The molecule has 0 saturated carbocycles. The third-order valence-electron chi connectivity index (χ3n) is 1.83. The number of carbonyl (C=O) groups is 1. The van der Waals surface area contributed by atoms with Gasteiger partial charge in [0.05, 0.1) is 0 Å². The molecule has 6 heteroatoms. The minimum absolute atomic E-state index is 0.0345. The van der Waals surface area contributed by atoms with Gasteiger partial charge in [0.2, 0.25) is 0 Å². The molecule has 0 amide bonds. The summed E-state index contributed by atoms with van der Waals surface area (Å²) in [4.78, 5) is 11.7. The highest BCUT2D eigenvalue weighted by atomic mass is 28.5. The predicted molar refractivity (Wildman–Crippen MR) is 75.7 cm³/mol. The SMILES string of the molecule is C=CC(=O)[Si](C)(C)O[Si](C)(C)O[Si](C)(C)C. The van der Waals surface area contributed by atoms with Crippen LogP contribution in [0.2, 0.25) is 45.8 Å². The van der Waals surface area contributed by atoms with Crippen LogP contribution in [0.1, 0.15) is 0 Å². The Morgan fingerprint density at radius 3 is 1.75 bits per heavy atom. The number of hydrogen-bond donors (Lipinski definition) is 0. The lowest BCUT2D eigenvalue weighted by Gasteiger charge is -2.36. The smallest absolute Gasteiger partial charge is 0.311 e. The van der Waals surface area contributed by atoms with E-state index in [1.165, 1.54) is 6.08 Å². The Labute approximate surface area is 102 Å². The second kappa shape index (κ2) is 5.09. The van der Waals surface area contributed by atoms with E-state index in [-0.39, 0.29) is 5.41 Å². The minimum atomic E-state index is -2.34. The molecule has 0 aliphatic carbocycles. The highest BCUT2D eigenvalue weighted by Gasteiger charge is 2.41. The van der Waals surface area contributed by atoms with Crippen molar-refractivity contribution in [2.75, 3.05) is 0 Å². The molecule has 0 aromatic rings. The van der Waals surface area contributed by atoms with Crippen LogP contribution >= 0.6 is 0 Å². The van der Waals surface area contributed by atoms with Gasteiger partial charge < -0.3 is 8.23 Å². The largest absolute Gasteiger partial charge is 0.437 e. The minimum Gasteiger partial charge on any atom is -0.437 e. The number of allylic oxidation sites excluding steroid dienone is 1. The fourth-order valence-corrected chi connectivity index (χ4v) is 13.9. The Hall–Kier alpha value is -0.0194. The molecule has 0 aromatic carbocycles. The summed E-state index contributed by atoms with van der Waals surface area (Å²) in [6, 6.07) is 0. The van der Waals surface area contributed by atoms with Gasteiger partial charge in [0.15, 0.2) is 13.7 Å². The van der Waals surface area contributed by atoms with Gasteiger partial charge in [-0.2, -0.15) is 0 Å². The molecular weight excluding hydrogens is 252 g/mol. The van der Waals surface area contributed by atoms with Crippen LogP contribution in [0.15, 0.2) is 12.7 Å². The molecule has 0 unspecified atom stereocenters. The van der Waals surface area contributed by atoms with Crippen LogP contribution in [-0.2, 0) is 13.0 Å². The summed E-state index contributed by atoms with van der Waals surface area (Å²) >= 11 is 0. The van der Waals surface area contributed by atoms with E-state index < -0.39 is 25.2 Å². The summed E-state index contributed by atoms with van der Waals surface area (Å²) < 4.78 is 12.1. The Morgan fingerprint density at radius 2 is 1.44 bits per heavy atom. The fourth-order valence-electron chi connectivity index (χ4n) is 1.67. The standard InChI is InChI=1S/C10H24O3Si3/c1-9-10(11)15(5,6)13-16(7,8)12-14(2,3)4/h9H,1H2,2-8H3. The van der Waals surface area contributed by atoms with Gasteiger partial charge in [0, 0.05) is 0 Å². The van der Waals surface area contributed by atoms with Gasteiger partial charge in [-0.1, -0.05) is 6.58 Å². The molecule has 0 rings (SSSR count). The Bertz CT molecular complexity index is 280. The lowest BCUT2D eigenvalue weighted by Crippen LogP contribution is -2.54. The molecule has 0 saturated heterocycles. The lowest BCUT2D eigenvalue weighted by molar-refractivity contribution is -0.109. The lowest BCUT2D eigenvalue weighted by atomic mass is 10.7. The second-order valence-corrected chi connectivity index (χ2v) is 18.0. The van der Waals surface area contributed by atoms with Crippen LogP contribution < -0.4 is 0 Å². The molecule has 0 spiro atoms. The first-order chi connectivity index (χ1) is 6.90. The summed E-state index contributed by atoms with van der Waals surface area (Å²) in [7, 11) is -6.15. The fraction of sp³-hybridized carbons (Fsp3) is 0.700. The Morgan fingerprint density at radius 1 is 1.00 bits per heavy atom. The van der Waals surface area contributed by atoms with Gasteiger partial charge in [-0.05, 0) is 51.9 Å². The third-order valence-corrected chi connectivity index (χ3v) is 11.6. The molecule has 16 heavy (non-hydrogen) atoms. The maximum Gasteiger partial charge on any atom is 0.311 e. The number of rotatable bonds is 6. The molecule has 0 heterocycles.